The van der Waals surface area contributed by atoms with Crippen molar-refractivity contribution in [3.8, 4) is 0 Å². The Kier molecular flexibility index (Phi) is 5.31. The fourth-order valence-electron chi connectivity index (χ4n) is 2.58. The van der Waals surface area contributed by atoms with Crippen LogP contribution in [0.15, 0.2) is 0 Å². The lowest BCUT2D eigenvalue weighted by Crippen LogP contribution is -2.35. The van der Waals surface area contributed by atoms with Crippen LogP contribution in [0.3, 0.4) is 0 Å². The largest absolute Gasteiger partial charge is 0.383 e. The lowest BCUT2D eigenvalue weighted by Gasteiger charge is -2.31. The van der Waals surface area contributed by atoms with Crippen LogP contribution >= 0.6 is 0 Å². The predicted octanol–water partition coefficient (Wildman–Crippen LogP) is 1.26. The van der Waals surface area contributed by atoms with Gasteiger partial charge < -0.3 is 20.7 Å². The van der Waals surface area contributed by atoms with E-state index in [0.29, 0.717) is 24.9 Å². The standard InChI is InChI=1S/C13H22N6O3/c1-9-4-3-6-18(8-9)12-10(19(20)21)11(14)16-13(17-12)15-5-7-22-2/h9H,3-8H2,1-2H3,(H3,14,15,16,17). The summed E-state index contributed by atoms with van der Waals surface area (Å²) in [5.74, 6) is 0.930. The van der Waals surface area contributed by atoms with E-state index in [1.54, 1.807) is 7.11 Å². The summed E-state index contributed by atoms with van der Waals surface area (Å²) in [6, 6.07) is 0. The summed E-state index contributed by atoms with van der Waals surface area (Å²) in [6.07, 6.45) is 2.10. The fourth-order valence-corrected chi connectivity index (χ4v) is 2.58. The van der Waals surface area contributed by atoms with Gasteiger partial charge in [-0.3, -0.25) is 10.1 Å². The molecule has 1 aromatic rings. The number of nitrogens with one attached hydrogen (secondary N) is 1. The molecular weight excluding hydrogens is 288 g/mol. The monoisotopic (exact) mass is 310 g/mol. The van der Waals surface area contributed by atoms with Gasteiger partial charge in [0.1, 0.15) is 0 Å². The molecule has 22 heavy (non-hydrogen) atoms. The number of rotatable bonds is 6. The molecule has 1 aliphatic rings. The number of nitrogen functional groups attached to an aromatic ring is 1. The van der Waals surface area contributed by atoms with Gasteiger partial charge in [0.2, 0.25) is 17.6 Å². The highest BCUT2D eigenvalue weighted by Gasteiger charge is 2.29. The normalized spacial score (nSPS) is 18.3. The van der Waals surface area contributed by atoms with Crippen molar-refractivity contribution >= 4 is 23.3 Å². The molecule has 0 saturated carbocycles. The minimum absolute atomic E-state index is 0.117. The van der Waals surface area contributed by atoms with E-state index < -0.39 is 4.92 Å². The first kappa shape index (κ1) is 16.2. The Morgan fingerprint density at radius 1 is 1.55 bits per heavy atom. The van der Waals surface area contributed by atoms with Crippen molar-refractivity contribution in [2.75, 3.05) is 49.3 Å². The van der Waals surface area contributed by atoms with Crippen LogP contribution in [0, 0.1) is 16.0 Å². The average Bonchev–Trinajstić information content (AvgIpc) is 2.46. The zero-order valence-electron chi connectivity index (χ0n) is 12.9. The minimum atomic E-state index is -0.511. The molecule has 1 fully saturated rings. The van der Waals surface area contributed by atoms with Crippen LogP contribution in [0.5, 0.6) is 0 Å². The van der Waals surface area contributed by atoms with Gasteiger partial charge in [0.15, 0.2) is 0 Å². The highest BCUT2D eigenvalue weighted by Crippen LogP contribution is 2.34. The van der Waals surface area contributed by atoms with Crippen LogP contribution in [0.2, 0.25) is 0 Å². The van der Waals surface area contributed by atoms with Crippen molar-refractivity contribution in [2.45, 2.75) is 19.8 Å². The van der Waals surface area contributed by atoms with Crippen LogP contribution in [-0.4, -0.2) is 48.2 Å². The molecule has 1 saturated heterocycles. The fraction of sp³-hybridized carbons (Fsp3) is 0.692. The molecule has 9 nitrogen and oxygen atoms in total. The van der Waals surface area contributed by atoms with Crippen molar-refractivity contribution < 1.29 is 9.66 Å². The molecule has 2 heterocycles. The van der Waals surface area contributed by atoms with E-state index in [1.807, 2.05) is 4.90 Å². The van der Waals surface area contributed by atoms with Crippen molar-refractivity contribution in [3.63, 3.8) is 0 Å². The summed E-state index contributed by atoms with van der Waals surface area (Å²) < 4.78 is 4.95. The molecular formula is C13H22N6O3. The topological polar surface area (TPSA) is 119 Å². The molecule has 1 aliphatic heterocycles. The first-order valence-corrected chi connectivity index (χ1v) is 7.32. The lowest BCUT2D eigenvalue weighted by molar-refractivity contribution is -0.383. The van der Waals surface area contributed by atoms with Gasteiger partial charge in [-0.2, -0.15) is 9.97 Å². The van der Waals surface area contributed by atoms with Crippen LogP contribution in [0.4, 0.5) is 23.3 Å². The van der Waals surface area contributed by atoms with Crippen molar-refractivity contribution in [2.24, 2.45) is 5.92 Å². The third kappa shape index (κ3) is 3.73. The lowest BCUT2D eigenvalue weighted by atomic mass is 10.0. The Hall–Kier alpha value is -2.16. The Labute approximate surface area is 129 Å². The van der Waals surface area contributed by atoms with Gasteiger partial charge in [-0.15, -0.1) is 0 Å². The van der Waals surface area contributed by atoms with Gasteiger partial charge in [-0.05, 0) is 18.8 Å². The van der Waals surface area contributed by atoms with E-state index in [4.69, 9.17) is 10.5 Å². The molecule has 1 aromatic heterocycles. The summed E-state index contributed by atoms with van der Waals surface area (Å²) in [4.78, 5) is 21.0. The number of piperidine rings is 1. The average molecular weight is 310 g/mol. The highest BCUT2D eigenvalue weighted by atomic mass is 16.6. The van der Waals surface area contributed by atoms with Crippen molar-refractivity contribution in [3.05, 3.63) is 10.1 Å². The van der Waals surface area contributed by atoms with E-state index in [-0.39, 0.29) is 17.5 Å². The Balaban J connectivity index is 2.32. The molecule has 0 aromatic carbocycles. The van der Waals surface area contributed by atoms with Gasteiger partial charge in [0, 0.05) is 26.7 Å². The third-order valence-corrected chi connectivity index (χ3v) is 3.62. The summed E-state index contributed by atoms with van der Waals surface area (Å²) in [6.45, 7) is 4.58. The predicted molar refractivity (Wildman–Crippen MR) is 84.1 cm³/mol. The first-order chi connectivity index (χ1) is 10.5. The molecule has 0 amide bonds. The maximum absolute atomic E-state index is 11.3. The van der Waals surface area contributed by atoms with E-state index in [0.717, 1.165) is 25.9 Å². The molecule has 0 aliphatic carbocycles. The molecule has 0 bridgehead atoms. The number of ether oxygens (including phenoxy) is 1. The highest BCUT2D eigenvalue weighted by molar-refractivity contribution is 5.71. The summed E-state index contributed by atoms with van der Waals surface area (Å²) in [7, 11) is 1.59. The molecule has 122 valence electrons. The molecule has 9 heteroatoms. The van der Waals surface area contributed by atoms with Gasteiger partial charge in [-0.25, -0.2) is 0 Å². The van der Waals surface area contributed by atoms with Crippen LogP contribution in [-0.2, 0) is 4.74 Å². The van der Waals surface area contributed by atoms with Gasteiger partial charge >= 0.3 is 5.69 Å². The number of nitrogens with two attached hydrogens (primary N) is 1. The Bertz CT molecular complexity index is 539. The maximum Gasteiger partial charge on any atom is 0.353 e. The van der Waals surface area contributed by atoms with Crippen LogP contribution in [0.1, 0.15) is 19.8 Å². The number of methoxy groups -OCH3 is 1. The maximum atomic E-state index is 11.3. The molecule has 1 atom stereocenters. The summed E-state index contributed by atoms with van der Waals surface area (Å²) in [5, 5.41) is 14.3. The van der Waals surface area contributed by atoms with Gasteiger partial charge in [0.05, 0.1) is 11.5 Å². The molecule has 0 radical (unpaired) electrons. The van der Waals surface area contributed by atoms with Crippen molar-refractivity contribution in [1.29, 1.82) is 0 Å². The SMILES string of the molecule is COCCNc1nc(N)c([N+](=O)[O-])c(N2CCCC(C)C2)n1. The summed E-state index contributed by atoms with van der Waals surface area (Å²) in [5.41, 5.74) is 5.56. The number of hydrogen-bond donors (Lipinski definition) is 2. The second-order valence-corrected chi connectivity index (χ2v) is 5.47. The molecule has 0 spiro atoms. The van der Waals surface area contributed by atoms with E-state index >= 15 is 0 Å². The van der Waals surface area contributed by atoms with Crippen LogP contribution < -0.4 is 16.0 Å². The molecule has 3 N–H and O–H groups in total. The number of aromatic nitrogens is 2. The first-order valence-electron chi connectivity index (χ1n) is 7.32. The molecule has 2 rings (SSSR count). The van der Waals surface area contributed by atoms with E-state index in [9.17, 15) is 10.1 Å². The Morgan fingerprint density at radius 3 is 2.95 bits per heavy atom. The smallest absolute Gasteiger partial charge is 0.353 e. The van der Waals surface area contributed by atoms with Gasteiger partial charge in [0.25, 0.3) is 0 Å². The minimum Gasteiger partial charge on any atom is -0.383 e. The summed E-state index contributed by atoms with van der Waals surface area (Å²) >= 11 is 0. The third-order valence-electron chi connectivity index (χ3n) is 3.62. The van der Waals surface area contributed by atoms with E-state index in [2.05, 4.69) is 22.2 Å². The number of nitrogens with zero attached hydrogens (tertiary/aromatic N) is 4. The second kappa shape index (κ2) is 7.21. The quantitative estimate of drug-likeness (QED) is 0.458. The number of anilines is 3. The zero-order valence-corrected chi connectivity index (χ0v) is 12.9. The second-order valence-electron chi connectivity index (χ2n) is 5.47. The molecule has 1 unspecified atom stereocenters. The van der Waals surface area contributed by atoms with Crippen molar-refractivity contribution in [1.82, 2.24) is 9.97 Å². The van der Waals surface area contributed by atoms with Gasteiger partial charge in [-0.1, -0.05) is 6.92 Å². The number of nitro groups is 1. The Morgan fingerprint density at radius 2 is 2.32 bits per heavy atom. The van der Waals surface area contributed by atoms with Crippen LogP contribution in [0.25, 0.3) is 0 Å². The number of hydrogen-bond acceptors (Lipinski definition) is 8. The zero-order chi connectivity index (χ0) is 16.1. The van der Waals surface area contributed by atoms with E-state index in [1.165, 1.54) is 0 Å².